The molecular weight excluding hydrogens is 102 g/mol. The van der Waals surface area contributed by atoms with Gasteiger partial charge in [0, 0.05) is 7.05 Å². The molecule has 40 valence electrons. The summed E-state index contributed by atoms with van der Waals surface area (Å²) >= 11 is 0. The van der Waals surface area contributed by atoms with Crippen molar-refractivity contribution in [2.75, 3.05) is 0 Å². The van der Waals surface area contributed by atoms with Gasteiger partial charge in [-0.25, -0.2) is 0 Å². The molecule has 0 aliphatic carbocycles. The van der Waals surface area contributed by atoms with Crippen LogP contribution in [0.1, 0.15) is 0 Å². The molecule has 0 saturated carbocycles. The van der Waals surface area contributed by atoms with Crippen molar-refractivity contribution in [1.82, 2.24) is 9.55 Å². The average Bonchev–Trinajstić information content (AvgIpc) is 2.14. The molecule has 8 heavy (non-hydrogen) atoms. The van der Waals surface area contributed by atoms with Gasteiger partial charge in [0.2, 0.25) is 0 Å². The van der Waals surface area contributed by atoms with Gasteiger partial charge in [-0.05, 0) is 0 Å². The first-order valence-corrected chi connectivity index (χ1v) is 2.19. The van der Waals surface area contributed by atoms with Gasteiger partial charge in [-0.15, -0.1) is 6.57 Å². The van der Waals surface area contributed by atoms with Gasteiger partial charge in [-0.3, -0.25) is 0 Å². The summed E-state index contributed by atoms with van der Waals surface area (Å²) in [6.07, 6.45) is 3.35. The molecule has 0 aromatic carbocycles. The summed E-state index contributed by atoms with van der Waals surface area (Å²) in [6.45, 7) is 6.54. The molecule has 0 spiro atoms. The lowest BCUT2D eigenvalue weighted by Gasteiger charge is -1.85. The number of hydrogen-bond acceptors (Lipinski definition) is 1. The highest BCUT2D eigenvalue weighted by Crippen LogP contribution is 2.03. The second-order valence-corrected chi connectivity index (χ2v) is 1.45. The van der Waals surface area contributed by atoms with E-state index in [1.807, 2.05) is 0 Å². The number of aryl methyl sites for hydroxylation is 1. The molecule has 1 aromatic rings. The van der Waals surface area contributed by atoms with Crippen LogP contribution in [0.2, 0.25) is 0 Å². The SMILES string of the molecule is [C-]#[N+]c1nccn1C. The minimum absolute atomic E-state index is 0.435. The second kappa shape index (κ2) is 1.66. The summed E-state index contributed by atoms with van der Waals surface area (Å²) in [7, 11) is 1.79. The second-order valence-electron chi connectivity index (χ2n) is 1.45. The van der Waals surface area contributed by atoms with Gasteiger partial charge in [0.05, 0.1) is 6.20 Å². The largest absolute Gasteiger partial charge is 0.397 e. The fourth-order valence-electron chi connectivity index (χ4n) is 0.465. The third kappa shape index (κ3) is 0.562. The lowest BCUT2D eigenvalue weighted by Crippen LogP contribution is -1.79. The van der Waals surface area contributed by atoms with Crippen LogP contribution in [-0.4, -0.2) is 9.55 Å². The van der Waals surface area contributed by atoms with Gasteiger partial charge in [-0.1, -0.05) is 0 Å². The molecule has 0 fully saturated rings. The van der Waals surface area contributed by atoms with Crippen molar-refractivity contribution in [1.29, 1.82) is 0 Å². The van der Waals surface area contributed by atoms with Crippen LogP contribution in [0.4, 0.5) is 5.95 Å². The first kappa shape index (κ1) is 4.85. The number of nitrogens with zero attached hydrogens (tertiary/aromatic N) is 3. The Kier molecular flexibility index (Phi) is 1.01. The van der Waals surface area contributed by atoms with Gasteiger partial charge in [0.1, 0.15) is 6.20 Å². The highest BCUT2D eigenvalue weighted by Gasteiger charge is 1.92. The molecular formula is C5H5N3. The Morgan fingerprint density at radius 3 is 2.88 bits per heavy atom. The van der Waals surface area contributed by atoms with E-state index in [2.05, 4.69) is 9.83 Å². The summed E-state index contributed by atoms with van der Waals surface area (Å²) in [5, 5.41) is 0. The normalized spacial score (nSPS) is 8.50. The lowest BCUT2D eigenvalue weighted by molar-refractivity contribution is 0.937. The van der Waals surface area contributed by atoms with Crippen molar-refractivity contribution in [2.45, 2.75) is 0 Å². The fraction of sp³-hybridized carbons (Fsp3) is 0.200. The Labute approximate surface area is 47.4 Å². The molecule has 0 aliphatic heterocycles. The average molecular weight is 107 g/mol. The summed E-state index contributed by atoms with van der Waals surface area (Å²) in [5.74, 6) is 0.435. The summed E-state index contributed by atoms with van der Waals surface area (Å²) in [6, 6.07) is 0. The minimum Gasteiger partial charge on any atom is -0.397 e. The third-order valence-electron chi connectivity index (χ3n) is 0.896. The van der Waals surface area contributed by atoms with Gasteiger partial charge in [-0.2, -0.15) is 4.98 Å². The standard InChI is InChI=1S/C5H5N3/c1-6-5-7-3-4-8(5)2/h3-4H,2H3. The lowest BCUT2D eigenvalue weighted by atomic mass is 10.9. The van der Waals surface area contributed by atoms with E-state index in [1.165, 1.54) is 0 Å². The highest BCUT2D eigenvalue weighted by molar-refractivity contribution is 5.25. The van der Waals surface area contributed by atoms with Crippen molar-refractivity contribution in [3.05, 3.63) is 23.8 Å². The van der Waals surface area contributed by atoms with Crippen LogP contribution < -0.4 is 0 Å². The molecule has 0 N–H and O–H groups in total. The smallest absolute Gasteiger partial charge is 0.338 e. The van der Waals surface area contributed by atoms with E-state index in [0.29, 0.717) is 5.95 Å². The molecule has 1 rings (SSSR count). The number of hydrogen-bond donors (Lipinski definition) is 0. The van der Waals surface area contributed by atoms with Crippen LogP contribution in [0.3, 0.4) is 0 Å². The maximum absolute atomic E-state index is 6.54. The molecule has 0 radical (unpaired) electrons. The zero-order chi connectivity index (χ0) is 5.98. The summed E-state index contributed by atoms with van der Waals surface area (Å²) in [4.78, 5) is 6.88. The van der Waals surface area contributed by atoms with Crippen LogP contribution in [-0.2, 0) is 7.05 Å². The van der Waals surface area contributed by atoms with E-state index < -0.39 is 0 Å². The summed E-state index contributed by atoms with van der Waals surface area (Å²) < 4.78 is 1.67. The van der Waals surface area contributed by atoms with E-state index in [1.54, 1.807) is 24.0 Å². The number of imidazole rings is 1. The topological polar surface area (TPSA) is 22.2 Å². The quantitative estimate of drug-likeness (QED) is 0.453. The Hall–Kier alpha value is -1.30. The Balaban J connectivity index is 3.15. The Morgan fingerprint density at radius 1 is 1.88 bits per heavy atom. The van der Waals surface area contributed by atoms with Crippen LogP contribution in [0.15, 0.2) is 12.4 Å². The first-order valence-electron chi connectivity index (χ1n) is 2.19. The Morgan fingerprint density at radius 2 is 2.62 bits per heavy atom. The number of aromatic nitrogens is 2. The van der Waals surface area contributed by atoms with E-state index in [-0.39, 0.29) is 0 Å². The monoisotopic (exact) mass is 107 g/mol. The van der Waals surface area contributed by atoms with Crippen LogP contribution in [0, 0.1) is 6.57 Å². The molecule has 0 bridgehead atoms. The van der Waals surface area contributed by atoms with Crippen molar-refractivity contribution in [3.8, 4) is 0 Å². The predicted molar refractivity (Wildman–Crippen MR) is 29.5 cm³/mol. The first-order chi connectivity index (χ1) is 3.84. The third-order valence-corrected chi connectivity index (χ3v) is 0.896. The maximum atomic E-state index is 6.54. The molecule has 3 heteroatoms. The van der Waals surface area contributed by atoms with E-state index in [0.717, 1.165) is 0 Å². The van der Waals surface area contributed by atoms with E-state index >= 15 is 0 Å². The highest BCUT2D eigenvalue weighted by atomic mass is 15.1. The van der Waals surface area contributed by atoms with Gasteiger partial charge in [0.15, 0.2) is 0 Å². The molecule has 1 aromatic heterocycles. The number of rotatable bonds is 0. The fourth-order valence-corrected chi connectivity index (χ4v) is 0.465. The zero-order valence-electron chi connectivity index (χ0n) is 4.50. The van der Waals surface area contributed by atoms with Crippen molar-refractivity contribution >= 4 is 5.95 Å². The van der Waals surface area contributed by atoms with Gasteiger partial charge >= 0.3 is 5.95 Å². The minimum atomic E-state index is 0.435. The van der Waals surface area contributed by atoms with E-state index in [9.17, 15) is 0 Å². The van der Waals surface area contributed by atoms with Gasteiger partial charge in [0.25, 0.3) is 0 Å². The molecule has 1 heterocycles. The molecule has 0 amide bonds. The van der Waals surface area contributed by atoms with Crippen LogP contribution >= 0.6 is 0 Å². The molecule has 0 aliphatic rings. The summed E-state index contributed by atoms with van der Waals surface area (Å²) in [5.41, 5.74) is 0. The van der Waals surface area contributed by atoms with Crippen molar-refractivity contribution in [2.24, 2.45) is 7.05 Å². The molecule has 0 unspecified atom stereocenters. The molecule has 3 nitrogen and oxygen atoms in total. The molecule has 0 saturated heterocycles. The van der Waals surface area contributed by atoms with Crippen LogP contribution in [0.25, 0.3) is 4.85 Å². The predicted octanol–water partition coefficient (Wildman–Crippen LogP) is 0.971. The van der Waals surface area contributed by atoms with Gasteiger partial charge < -0.3 is 9.41 Å². The Bertz CT molecular complexity index is 218. The van der Waals surface area contributed by atoms with Crippen LogP contribution in [0.5, 0.6) is 0 Å². The maximum Gasteiger partial charge on any atom is 0.338 e. The molecule has 0 atom stereocenters. The van der Waals surface area contributed by atoms with Crippen molar-refractivity contribution < 1.29 is 0 Å². The van der Waals surface area contributed by atoms with E-state index in [4.69, 9.17) is 6.57 Å². The van der Waals surface area contributed by atoms with Crippen molar-refractivity contribution in [3.63, 3.8) is 0 Å². The zero-order valence-corrected chi connectivity index (χ0v) is 4.50.